The molecule has 1 saturated heterocycles. The van der Waals surface area contributed by atoms with Crippen molar-refractivity contribution in [2.24, 2.45) is 0 Å². The van der Waals surface area contributed by atoms with Gasteiger partial charge >= 0.3 is 5.97 Å². The number of carbonyl (C=O) groups excluding carboxylic acids is 3. The quantitative estimate of drug-likeness (QED) is 0.556. The van der Waals surface area contributed by atoms with Crippen LogP contribution < -0.4 is 14.4 Å². The number of ether oxygens (including phenoxy) is 3. The Morgan fingerprint density at radius 1 is 0.900 bits per heavy atom. The highest BCUT2D eigenvalue weighted by Gasteiger charge is 2.20. The summed E-state index contributed by atoms with van der Waals surface area (Å²) in [5.74, 6) is 0.307. The maximum Gasteiger partial charge on any atom is 0.338 e. The molecule has 7 nitrogen and oxygen atoms in total. The molecule has 7 heteroatoms. The molecule has 2 heterocycles. The van der Waals surface area contributed by atoms with Crippen LogP contribution in [0.3, 0.4) is 0 Å². The minimum absolute atomic E-state index is 0.0947. The highest BCUT2D eigenvalue weighted by Crippen LogP contribution is 2.30. The van der Waals surface area contributed by atoms with Gasteiger partial charge in [-0.1, -0.05) is 0 Å². The summed E-state index contributed by atoms with van der Waals surface area (Å²) >= 11 is 0. The summed E-state index contributed by atoms with van der Waals surface area (Å²) in [6, 6.07) is 11.6. The number of Topliss-reactive ketones (excluding diaryl/α,β-unsaturated/α-hetero) is 1. The number of carbonyl (C=O) groups is 3. The third kappa shape index (κ3) is 4.45. The van der Waals surface area contributed by atoms with Crippen LogP contribution >= 0.6 is 0 Å². The van der Waals surface area contributed by atoms with Gasteiger partial charge in [-0.3, -0.25) is 9.59 Å². The maximum atomic E-state index is 12.4. The molecular weight excluding hydrogens is 386 g/mol. The third-order valence-electron chi connectivity index (χ3n) is 5.14. The molecule has 2 aromatic carbocycles. The number of hydrogen-bond donors (Lipinski definition) is 0. The normalized spacial score (nSPS) is 16.0. The Morgan fingerprint density at radius 3 is 2.40 bits per heavy atom. The molecule has 156 valence electrons. The topological polar surface area (TPSA) is 82.1 Å². The third-order valence-corrected chi connectivity index (χ3v) is 5.14. The Labute approximate surface area is 174 Å². The molecule has 1 amide bonds. The Balaban J connectivity index is 1.35. The second-order valence-electron chi connectivity index (χ2n) is 7.26. The zero-order valence-electron chi connectivity index (χ0n) is 16.6. The Hall–Kier alpha value is -3.35. The van der Waals surface area contributed by atoms with Gasteiger partial charge < -0.3 is 19.1 Å². The minimum Gasteiger partial charge on any atom is -0.490 e. The fraction of sp³-hybridized carbons (Fsp3) is 0.348. The first-order chi connectivity index (χ1) is 14.6. The van der Waals surface area contributed by atoms with Gasteiger partial charge in [0.15, 0.2) is 23.9 Å². The monoisotopic (exact) mass is 409 g/mol. The summed E-state index contributed by atoms with van der Waals surface area (Å²) in [5, 5.41) is 0. The number of benzene rings is 2. The second kappa shape index (κ2) is 8.98. The molecule has 2 aromatic rings. The van der Waals surface area contributed by atoms with Crippen molar-refractivity contribution in [2.75, 3.05) is 31.3 Å². The van der Waals surface area contributed by atoms with Gasteiger partial charge in [0.05, 0.1) is 18.8 Å². The highest BCUT2D eigenvalue weighted by molar-refractivity contribution is 6.00. The van der Waals surface area contributed by atoms with E-state index >= 15 is 0 Å². The highest BCUT2D eigenvalue weighted by atomic mass is 16.5. The van der Waals surface area contributed by atoms with Crippen LogP contribution in [0.15, 0.2) is 42.5 Å². The summed E-state index contributed by atoms with van der Waals surface area (Å²) in [6.07, 6.45) is 3.21. The van der Waals surface area contributed by atoms with Crippen LogP contribution in [0.5, 0.6) is 11.5 Å². The first-order valence-electron chi connectivity index (χ1n) is 10.1. The summed E-state index contributed by atoms with van der Waals surface area (Å²) in [6.45, 7) is 1.42. The van der Waals surface area contributed by atoms with Gasteiger partial charge in [0, 0.05) is 30.6 Å². The van der Waals surface area contributed by atoms with E-state index in [9.17, 15) is 14.4 Å². The average molecular weight is 409 g/mol. The van der Waals surface area contributed by atoms with Crippen LogP contribution in [0.25, 0.3) is 0 Å². The fourth-order valence-corrected chi connectivity index (χ4v) is 3.49. The van der Waals surface area contributed by atoms with E-state index in [4.69, 9.17) is 14.2 Å². The van der Waals surface area contributed by atoms with Gasteiger partial charge in [0.25, 0.3) is 0 Å². The van der Waals surface area contributed by atoms with E-state index in [1.54, 1.807) is 47.4 Å². The van der Waals surface area contributed by atoms with E-state index in [0.29, 0.717) is 48.8 Å². The molecular formula is C23H23NO6. The van der Waals surface area contributed by atoms with Crippen molar-refractivity contribution in [3.05, 3.63) is 53.6 Å². The number of nitrogens with zero attached hydrogens (tertiary/aromatic N) is 1. The van der Waals surface area contributed by atoms with Crippen LogP contribution in [-0.4, -0.2) is 44.0 Å². The number of piperidine rings is 1. The number of rotatable bonds is 5. The van der Waals surface area contributed by atoms with Crippen molar-refractivity contribution in [1.82, 2.24) is 0 Å². The Morgan fingerprint density at radius 2 is 1.63 bits per heavy atom. The van der Waals surface area contributed by atoms with E-state index in [2.05, 4.69) is 0 Å². The molecule has 0 atom stereocenters. The van der Waals surface area contributed by atoms with Crippen LogP contribution in [0.4, 0.5) is 5.69 Å². The lowest BCUT2D eigenvalue weighted by Gasteiger charge is -2.26. The van der Waals surface area contributed by atoms with Crippen molar-refractivity contribution < 1.29 is 28.6 Å². The molecule has 30 heavy (non-hydrogen) atoms. The van der Waals surface area contributed by atoms with E-state index < -0.39 is 5.97 Å². The molecule has 0 aromatic heterocycles. The second-order valence-corrected chi connectivity index (χ2v) is 7.26. The summed E-state index contributed by atoms with van der Waals surface area (Å²) in [5.41, 5.74) is 1.49. The molecule has 0 aliphatic carbocycles. The van der Waals surface area contributed by atoms with E-state index in [1.165, 1.54) is 0 Å². The molecule has 2 aliphatic heterocycles. The molecule has 0 bridgehead atoms. The maximum absolute atomic E-state index is 12.4. The smallest absolute Gasteiger partial charge is 0.338 e. The Bertz CT molecular complexity index is 953. The van der Waals surface area contributed by atoms with Crippen molar-refractivity contribution >= 4 is 23.3 Å². The molecule has 2 aliphatic rings. The van der Waals surface area contributed by atoms with Gasteiger partial charge in [0.2, 0.25) is 5.91 Å². The zero-order chi connectivity index (χ0) is 20.9. The molecule has 1 fully saturated rings. The fourth-order valence-electron chi connectivity index (χ4n) is 3.49. The van der Waals surface area contributed by atoms with Crippen LogP contribution in [0.1, 0.15) is 46.4 Å². The first-order valence-corrected chi connectivity index (χ1v) is 10.1. The van der Waals surface area contributed by atoms with Gasteiger partial charge in [-0.05, 0) is 55.3 Å². The SMILES string of the molecule is O=C(COC(=O)c1ccc(N2CCCCC2=O)cc1)c1ccc2c(c1)OCCCO2. The van der Waals surface area contributed by atoms with Gasteiger partial charge in [-0.25, -0.2) is 4.79 Å². The van der Waals surface area contributed by atoms with E-state index in [-0.39, 0.29) is 18.3 Å². The van der Waals surface area contributed by atoms with Crippen molar-refractivity contribution in [3.8, 4) is 11.5 Å². The van der Waals surface area contributed by atoms with Crippen molar-refractivity contribution in [1.29, 1.82) is 0 Å². The molecule has 0 saturated carbocycles. The van der Waals surface area contributed by atoms with E-state index in [1.807, 2.05) is 0 Å². The number of ketones is 1. The number of anilines is 1. The lowest BCUT2D eigenvalue weighted by molar-refractivity contribution is -0.119. The molecule has 0 spiro atoms. The van der Waals surface area contributed by atoms with Crippen molar-refractivity contribution in [2.45, 2.75) is 25.7 Å². The predicted molar refractivity (Wildman–Crippen MR) is 109 cm³/mol. The molecule has 4 rings (SSSR count). The number of hydrogen-bond acceptors (Lipinski definition) is 6. The lowest BCUT2D eigenvalue weighted by atomic mass is 10.1. The largest absolute Gasteiger partial charge is 0.490 e. The zero-order valence-corrected chi connectivity index (χ0v) is 16.6. The van der Waals surface area contributed by atoms with Crippen LogP contribution in [0, 0.1) is 0 Å². The Kier molecular flexibility index (Phi) is 5.97. The number of esters is 1. The molecule has 0 radical (unpaired) electrons. The minimum atomic E-state index is -0.589. The molecule has 0 unspecified atom stereocenters. The summed E-state index contributed by atoms with van der Waals surface area (Å²) < 4.78 is 16.3. The lowest BCUT2D eigenvalue weighted by Crippen LogP contribution is -2.35. The summed E-state index contributed by atoms with van der Waals surface area (Å²) in [7, 11) is 0. The van der Waals surface area contributed by atoms with Gasteiger partial charge in [-0.2, -0.15) is 0 Å². The van der Waals surface area contributed by atoms with E-state index in [0.717, 1.165) is 24.9 Å². The average Bonchev–Trinajstić information content (AvgIpc) is 3.02. The van der Waals surface area contributed by atoms with Crippen LogP contribution in [-0.2, 0) is 9.53 Å². The number of fused-ring (bicyclic) bond motifs is 1. The molecule has 0 N–H and O–H groups in total. The van der Waals surface area contributed by atoms with Gasteiger partial charge in [-0.15, -0.1) is 0 Å². The summed E-state index contributed by atoms with van der Waals surface area (Å²) in [4.78, 5) is 38.5. The standard InChI is InChI=1S/C23H23NO6/c25-19(17-7-10-20-21(14-17)29-13-3-12-28-20)15-30-23(27)16-5-8-18(9-6-16)24-11-2-1-4-22(24)26/h5-10,14H,1-4,11-13,15H2. The van der Waals surface area contributed by atoms with Crippen molar-refractivity contribution in [3.63, 3.8) is 0 Å². The first kappa shape index (κ1) is 19.9. The van der Waals surface area contributed by atoms with Gasteiger partial charge in [0.1, 0.15) is 0 Å². The number of amides is 1. The van der Waals surface area contributed by atoms with Crippen LogP contribution in [0.2, 0.25) is 0 Å². The predicted octanol–water partition coefficient (Wildman–Crippen LogP) is 3.40.